The van der Waals surface area contributed by atoms with Crippen LogP contribution in [0.25, 0.3) is 0 Å². The van der Waals surface area contributed by atoms with E-state index in [2.05, 4.69) is 39.5 Å². The monoisotopic (exact) mass is 199 g/mol. The molecule has 2 heteroatoms. The third-order valence-electron chi connectivity index (χ3n) is 4.04. The van der Waals surface area contributed by atoms with E-state index in [1.54, 1.807) is 0 Å². The molecule has 0 aliphatic carbocycles. The SMILES string of the molecule is CC(N1CCC(C)C1(C)O)C(C)(C)C. The fraction of sp³-hybridized carbons (Fsp3) is 1.00. The van der Waals surface area contributed by atoms with Gasteiger partial charge in [0.25, 0.3) is 0 Å². The van der Waals surface area contributed by atoms with Crippen molar-refractivity contribution >= 4 is 0 Å². The van der Waals surface area contributed by atoms with Gasteiger partial charge in [-0.15, -0.1) is 0 Å². The maximum Gasteiger partial charge on any atom is 0.118 e. The highest BCUT2D eigenvalue weighted by molar-refractivity contribution is 4.93. The summed E-state index contributed by atoms with van der Waals surface area (Å²) >= 11 is 0. The first-order valence-corrected chi connectivity index (χ1v) is 5.66. The van der Waals surface area contributed by atoms with Gasteiger partial charge in [0.2, 0.25) is 0 Å². The summed E-state index contributed by atoms with van der Waals surface area (Å²) in [6.07, 6.45) is 1.10. The molecule has 1 aliphatic heterocycles. The molecule has 3 atom stereocenters. The van der Waals surface area contributed by atoms with Gasteiger partial charge in [-0.25, -0.2) is 0 Å². The topological polar surface area (TPSA) is 23.5 Å². The highest BCUT2D eigenvalue weighted by Gasteiger charge is 2.45. The van der Waals surface area contributed by atoms with E-state index in [0.29, 0.717) is 12.0 Å². The summed E-state index contributed by atoms with van der Waals surface area (Å²) in [5.41, 5.74) is -0.388. The Morgan fingerprint density at radius 3 is 2.21 bits per heavy atom. The van der Waals surface area contributed by atoms with E-state index in [1.807, 2.05) is 6.92 Å². The quantitative estimate of drug-likeness (QED) is 0.701. The summed E-state index contributed by atoms with van der Waals surface area (Å²) in [5, 5.41) is 10.4. The van der Waals surface area contributed by atoms with Gasteiger partial charge in [-0.2, -0.15) is 0 Å². The van der Waals surface area contributed by atoms with Crippen LogP contribution in [0.4, 0.5) is 0 Å². The number of nitrogens with zero attached hydrogens (tertiary/aromatic N) is 1. The van der Waals surface area contributed by atoms with Crippen molar-refractivity contribution in [2.24, 2.45) is 11.3 Å². The summed E-state index contributed by atoms with van der Waals surface area (Å²) in [6.45, 7) is 14.0. The average Bonchev–Trinajstić information content (AvgIpc) is 2.25. The predicted octanol–water partition coefficient (Wildman–Crippen LogP) is 2.47. The maximum absolute atomic E-state index is 10.4. The Hall–Kier alpha value is -0.0800. The summed E-state index contributed by atoms with van der Waals surface area (Å²) in [4.78, 5) is 2.25. The van der Waals surface area contributed by atoms with E-state index < -0.39 is 5.72 Å². The molecule has 0 aromatic heterocycles. The lowest BCUT2D eigenvalue weighted by Gasteiger charge is -2.43. The molecule has 0 bridgehead atoms. The standard InChI is InChI=1S/C12H25NO/c1-9-7-8-13(12(9,6)14)10(2)11(3,4)5/h9-10,14H,7-8H2,1-6H3. The number of hydrogen-bond acceptors (Lipinski definition) is 2. The smallest absolute Gasteiger partial charge is 0.118 e. The van der Waals surface area contributed by atoms with E-state index in [9.17, 15) is 5.11 Å². The number of hydrogen-bond donors (Lipinski definition) is 1. The summed E-state index contributed by atoms with van der Waals surface area (Å²) in [5.74, 6) is 0.382. The van der Waals surface area contributed by atoms with Gasteiger partial charge in [-0.05, 0) is 31.6 Å². The minimum atomic E-state index is -0.618. The van der Waals surface area contributed by atoms with Crippen LogP contribution in [0.3, 0.4) is 0 Å². The Morgan fingerprint density at radius 2 is 1.93 bits per heavy atom. The molecular weight excluding hydrogens is 174 g/mol. The van der Waals surface area contributed by atoms with Crippen LogP contribution in [0, 0.1) is 11.3 Å². The largest absolute Gasteiger partial charge is 0.376 e. The van der Waals surface area contributed by atoms with Gasteiger partial charge in [0.15, 0.2) is 0 Å². The summed E-state index contributed by atoms with van der Waals surface area (Å²) < 4.78 is 0. The van der Waals surface area contributed by atoms with E-state index in [-0.39, 0.29) is 5.41 Å². The van der Waals surface area contributed by atoms with Crippen molar-refractivity contribution in [3.63, 3.8) is 0 Å². The molecule has 0 radical (unpaired) electrons. The second-order valence-corrected chi connectivity index (χ2v) is 6.02. The summed E-state index contributed by atoms with van der Waals surface area (Å²) in [6, 6.07) is 0.419. The Labute approximate surface area is 88.3 Å². The van der Waals surface area contributed by atoms with E-state index in [1.165, 1.54) is 0 Å². The first-order valence-electron chi connectivity index (χ1n) is 5.66. The minimum Gasteiger partial charge on any atom is -0.376 e. The van der Waals surface area contributed by atoms with Gasteiger partial charge in [0.1, 0.15) is 5.72 Å². The predicted molar refractivity (Wildman–Crippen MR) is 60.0 cm³/mol. The zero-order valence-electron chi connectivity index (χ0n) is 10.5. The molecular formula is C12H25NO. The Bertz CT molecular complexity index is 205. The van der Waals surface area contributed by atoms with Crippen molar-refractivity contribution in [3.8, 4) is 0 Å². The normalized spacial score (nSPS) is 37.5. The molecule has 0 amide bonds. The van der Waals surface area contributed by atoms with Gasteiger partial charge in [0, 0.05) is 12.6 Å². The van der Waals surface area contributed by atoms with Crippen LogP contribution in [-0.4, -0.2) is 28.3 Å². The molecule has 0 aromatic rings. The zero-order valence-corrected chi connectivity index (χ0v) is 10.5. The first-order chi connectivity index (χ1) is 6.17. The first kappa shape index (κ1) is 12.0. The van der Waals surface area contributed by atoms with Crippen molar-refractivity contribution in [1.82, 2.24) is 4.90 Å². The molecule has 1 saturated heterocycles. The molecule has 14 heavy (non-hydrogen) atoms. The van der Waals surface area contributed by atoms with Crippen molar-refractivity contribution in [1.29, 1.82) is 0 Å². The lowest BCUT2D eigenvalue weighted by Crippen LogP contribution is -2.52. The Kier molecular flexibility index (Phi) is 2.99. The third-order valence-corrected chi connectivity index (χ3v) is 4.04. The molecule has 0 saturated carbocycles. The second-order valence-electron chi connectivity index (χ2n) is 6.02. The lowest BCUT2D eigenvalue weighted by molar-refractivity contribution is -0.123. The molecule has 1 rings (SSSR count). The number of likely N-dealkylation sites (tertiary alicyclic amines) is 1. The highest BCUT2D eigenvalue weighted by Crippen LogP contribution is 2.38. The zero-order chi connectivity index (χ0) is 11.1. The third kappa shape index (κ3) is 1.96. The molecule has 1 aliphatic rings. The molecule has 1 N–H and O–H groups in total. The fourth-order valence-corrected chi connectivity index (χ4v) is 2.17. The minimum absolute atomic E-state index is 0.230. The fourth-order valence-electron chi connectivity index (χ4n) is 2.17. The van der Waals surface area contributed by atoms with Gasteiger partial charge in [0.05, 0.1) is 0 Å². The lowest BCUT2D eigenvalue weighted by atomic mass is 9.86. The molecule has 1 heterocycles. The Morgan fingerprint density at radius 1 is 1.43 bits per heavy atom. The van der Waals surface area contributed by atoms with Crippen molar-refractivity contribution < 1.29 is 5.11 Å². The van der Waals surface area contributed by atoms with Gasteiger partial charge < -0.3 is 5.11 Å². The molecule has 0 spiro atoms. The van der Waals surface area contributed by atoms with Crippen LogP contribution in [-0.2, 0) is 0 Å². The van der Waals surface area contributed by atoms with Crippen LogP contribution in [0.5, 0.6) is 0 Å². The van der Waals surface area contributed by atoms with Crippen LogP contribution < -0.4 is 0 Å². The van der Waals surface area contributed by atoms with Crippen LogP contribution in [0.1, 0.15) is 48.0 Å². The molecule has 3 unspecified atom stereocenters. The number of rotatable bonds is 1. The highest BCUT2D eigenvalue weighted by atomic mass is 16.3. The molecule has 0 aromatic carbocycles. The van der Waals surface area contributed by atoms with Crippen molar-refractivity contribution in [2.75, 3.05) is 6.54 Å². The van der Waals surface area contributed by atoms with E-state index in [4.69, 9.17) is 0 Å². The number of aliphatic hydroxyl groups is 1. The van der Waals surface area contributed by atoms with Crippen molar-refractivity contribution in [2.45, 2.75) is 59.7 Å². The summed E-state index contributed by atoms with van der Waals surface area (Å²) in [7, 11) is 0. The van der Waals surface area contributed by atoms with Crippen molar-refractivity contribution in [3.05, 3.63) is 0 Å². The second kappa shape index (κ2) is 3.49. The molecule has 1 fully saturated rings. The van der Waals surface area contributed by atoms with Crippen LogP contribution >= 0.6 is 0 Å². The van der Waals surface area contributed by atoms with E-state index in [0.717, 1.165) is 13.0 Å². The van der Waals surface area contributed by atoms with Crippen LogP contribution in [0.2, 0.25) is 0 Å². The van der Waals surface area contributed by atoms with E-state index >= 15 is 0 Å². The Balaban J connectivity index is 2.80. The molecule has 2 nitrogen and oxygen atoms in total. The molecule has 84 valence electrons. The van der Waals surface area contributed by atoms with Gasteiger partial charge in [-0.3, -0.25) is 4.90 Å². The van der Waals surface area contributed by atoms with Gasteiger partial charge >= 0.3 is 0 Å². The van der Waals surface area contributed by atoms with Gasteiger partial charge in [-0.1, -0.05) is 27.7 Å². The maximum atomic E-state index is 10.4. The average molecular weight is 199 g/mol. The van der Waals surface area contributed by atoms with Crippen LogP contribution in [0.15, 0.2) is 0 Å².